The van der Waals surface area contributed by atoms with Crippen LogP contribution in [0.2, 0.25) is 0 Å². The third kappa shape index (κ3) is 3.15. The summed E-state index contributed by atoms with van der Waals surface area (Å²) in [5.74, 6) is 1.36. The van der Waals surface area contributed by atoms with Gasteiger partial charge in [0, 0.05) is 5.56 Å². The average Bonchev–Trinajstić information content (AvgIpc) is 3.25. The molecule has 4 rings (SSSR count). The number of carbonyl (C=O) groups is 1. The lowest BCUT2D eigenvalue weighted by Gasteiger charge is -2.41. The van der Waals surface area contributed by atoms with Crippen LogP contribution in [0.4, 0.5) is 6.01 Å². The predicted molar refractivity (Wildman–Crippen MR) is 106 cm³/mol. The Hall–Kier alpha value is -3.26. The second-order valence-corrected chi connectivity index (χ2v) is 6.74. The van der Waals surface area contributed by atoms with Gasteiger partial charge in [-0.3, -0.25) is 9.69 Å². The first-order valence-electron chi connectivity index (χ1n) is 8.75. The van der Waals surface area contributed by atoms with E-state index < -0.39 is 11.4 Å². The van der Waals surface area contributed by atoms with E-state index in [-0.39, 0.29) is 11.9 Å². The van der Waals surface area contributed by atoms with Gasteiger partial charge in [0.05, 0.1) is 27.4 Å². The highest BCUT2D eigenvalue weighted by atomic mass is 35.5. The van der Waals surface area contributed by atoms with Gasteiger partial charge < -0.3 is 18.6 Å². The second-order valence-electron chi connectivity index (χ2n) is 6.27. The van der Waals surface area contributed by atoms with Gasteiger partial charge in [-0.15, -0.1) is 16.7 Å². The van der Waals surface area contributed by atoms with Crippen LogP contribution in [-0.2, 0) is 4.79 Å². The van der Waals surface area contributed by atoms with Crippen molar-refractivity contribution in [2.45, 2.75) is 11.4 Å². The molecular weight excluding hydrogens is 398 g/mol. The SMILES string of the molecule is COc1cc(C2C(Cl)C(=O)N2c2nnc(-c3ccccc3)o2)cc(OC)c1OC. The first-order chi connectivity index (χ1) is 14.1. The molecular formula is C20H18ClN3O5. The summed E-state index contributed by atoms with van der Waals surface area (Å²) < 4.78 is 21.9. The number of carbonyl (C=O) groups excluding carboxylic acids is 1. The van der Waals surface area contributed by atoms with Crippen LogP contribution in [0.5, 0.6) is 17.2 Å². The van der Waals surface area contributed by atoms with Crippen molar-refractivity contribution >= 4 is 23.5 Å². The summed E-state index contributed by atoms with van der Waals surface area (Å²) in [5, 5.41) is 7.30. The van der Waals surface area contributed by atoms with Gasteiger partial charge in [-0.2, -0.15) is 0 Å². The molecule has 0 spiro atoms. The molecule has 2 aromatic carbocycles. The summed E-state index contributed by atoms with van der Waals surface area (Å²) in [6, 6.07) is 12.3. The summed E-state index contributed by atoms with van der Waals surface area (Å²) in [7, 11) is 4.56. The zero-order valence-corrected chi connectivity index (χ0v) is 16.7. The number of alkyl halides is 1. The lowest BCUT2D eigenvalue weighted by atomic mass is 9.93. The van der Waals surface area contributed by atoms with E-state index in [4.69, 9.17) is 30.2 Å². The molecule has 1 saturated heterocycles. The van der Waals surface area contributed by atoms with E-state index >= 15 is 0 Å². The molecule has 29 heavy (non-hydrogen) atoms. The van der Waals surface area contributed by atoms with Gasteiger partial charge in [0.15, 0.2) is 11.5 Å². The van der Waals surface area contributed by atoms with Crippen LogP contribution in [0.1, 0.15) is 11.6 Å². The number of amides is 1. The van der Waals surface area contributed by atoms with Crippen molar-refractivity contribution in [3.05, 3.63) is 48.0 Å². The Kier molecular flexibility index (Phi) is 5.02. The summed E-state index contributed by atoms with van der Waals surface area (Å²) in [6.45, 7) is 0. The number of anilines is 1. The van der Waals surface area contributed by atoms with E-state index in [9.17, 15) is 4.79 Å². The monoisotopic (exact) mass is 415 g/mol. The lowest BCUT2D eigenvalue weighted by Crippen LogP contribution is -2.56. The van der Waals surface area contributed by atoms with E-state index in [1.807, 2.05) is 30.3 Å². The molecule has 0 radical (unpaired) electrons. The Balaban J connectivity index is 1.71. The van der Waals surface area contributed by atoms with E-state index in [1.54, 1.807) is 12.1 Å². The van der Waals surface area contributed by atoms with Crippen molar-refractivity contribution in [1.82, 2.24) is 10.2 Å². The van der Waals surface area contributed by atoms with E-state index in [0.717, 1.165) is 5.56 Å². The zero-order chi connectivity index (χ0) is 20.5. The van der Waals surface area contributed by atoms with Crippen LogP contribution in [0.25, 0.3) is 11.5 Å². The Morgan fingerprint density at radius 1 is 1.00 bits per heavy atom. The van der Waals surface area contributed by atoms with E-state index in [1.165, 1.54) is 26.2 Å². The van der Waals surface area contributed by atoms with Gasteiger partial charge in [-0.05, 0) is 29.8 Å². The van der Waals surface area contributed by atoms with Gasteiger partial charge >= 0.3 is 6.01 Å². The zero-order valence-electron chi connectivity index (χ0n) is 16.0. The molecule has 0 bridgehead atoms. The topological polar surface area (TPSA) is 86.9 Å². The predicted octanol–water partition coefficient (Wildman–Crippen LogP) is 3.46. The van der Waals surface area contributed by atoms with Crippen LogP contribution in [0, 0.1) is 0 Å². The first kappa shape index (κ1) is 19.1. The van der Waals surface area contributed by atoms with Crippen molar-refractivity contribution in [2.24, 2.45) is 0 Å². The third-order valence-electron chi connectivity index (χ3n) is 4.70. The molecule has 0 saturated carbocycles. The highest BCUT2D eigenvalue weighted by molar-refractivity contribution is 6.37. The van der Waals surface area contributed by atoms with Crippen molar-refractivity contribution < 1.29 is 23.4 Å². The molecule has 1 aromatic heterocycles. The molecule has 2 unspecified atom stereocenters. The van der Waals surface area contributed by atoms with Gasteiger partial charge in [0.25, 0.3) is 5.91 Å². The summed E-state index contributed by atoms with van der Waals surface area (Å²) in [5.41, 5.74) is 1.45. The number of aromatic nitrogens is 2. The van der Waals surface area contributed by atoms with Gasteiger partial charge in [-0.25, -0.2) is 0 Å². The number of nitrogens with zero attached hydrogens (tertiary/aromatic N) is 3. The van der Waals surface area contributed by atoms with Gasteiger partial charge in [0.1, 0.15) is 5.38 Å². The molecule has 3 aromatic rings. The summed E-state index contributed by atoms with van der Waals surface area (Å²) in [6.07, 6.45) is 0. The summed E-state index contributed by atoms with van der Waals surface area (Å²) >= 11 is 6.34. The maximum atomic E-state index is 12.5. The normalized spacial score (nSPS) is 18.3. The molecule has 0 aliphatic carbocycles. The molecule has 150 valence electrons. The molecule has 8 nitrogen and oxygen atoms in total. The molecule has 2 atom stereocenters. The van der Waals surface area contributed by atoms with E-state index in [0.29, 0.717) is 28.7 Å². The maximum absolute atomic E-state index is 12.5. The minimum Gasteiger partial charge on any atom is -0.493 e. The smallest absolute Gasteiger partial charge is 0.325 e. The minimum atomic E-state index is -0.787. The van der Waals surface area contributed by atoms with Crippen LogP contribution in [-0.4, -0.2) is 42.8 Å². The van der Waals surface area contributed by atoms with Crippen molar-refractivity contribution in [3.8, 4) is 28.7 Å². The highest BCUT2D eigenvalue weighted by Crippen LogP contribution is 2.47. The number of β-lactam (4-membered cyclic amide) rings is 1. The second kappa shape index (κ2) is 7.63. The van der Waals surface area contributed by atoms with Crippen LogP contribution >= 0.6 is 11.6 Å². The molecule has 0 N–H and O–H groups in total. The molecule has 1 amide bonds. The van der Waals surface area contributed by atoms with Crippen molar-refractivity contribution in [2.75, 3.05) is 26.2 Å². The third-order valence-corrected chi connectivity index (χ3v) is 5.12. The number of ether oxygens (including phenoxy) is 3. The number of hydrogen-bond acceptors (Lipinski definition) is 7. The molecule has 9 heteroatoms. The Morgan fingerprint density at radius 2 is 1.66 bits per heavy atom. The van der Waals surface area contributed by atoms with E-state index in [2.05, 4.69) is 10.2 Å². The van der Waals surface area contributed by atoms with Crippen LogP contribution in [0.3, 0.4) is 0 Å². The quantitative estimate of drug-likeness (QED) is 0.450. The first-order valence-corrected chi connectivity index (χ1v) is 9.18. The van der Waals surface area contributed by atoms with Crippen LogP contribution < -0.4 is 19.1 Å². The lowest BCUT2D eigenvalue weighted by molar-refractivity contribution is -0.124. The Labute approximate surface area is 171 Å². The largest absolute Gasteiger partial charge is 0.493 e. The molecule has 1 aliphatic heterocycles. The summed E-state index contributed by atoms with van der Waals surface area (Å²) in [4.78, 5) is 13.9. The standard InChI is InChI=1S/C20H18ClN3O5/c1-26-13-9-12(10-14(27-2)17(13)28-3)16-15(21)19(25)24(16)20-23-22-18(29-20)11-7-5-4-6-8-11/h4-10,15-16H,1-3H3. The van der Waals surface area contributed by atoms with Gasteiger partial charge in [-0.1, -0.05) is 23.3 Å². The van der Waals surface area contributed by atoms with Crippen molar-refractivity contribution in [3.63, 3.8) is 0 Å². The van der Waals surface area contributed by atoms with Gasteiger partial charge in [0.2, 0.25) is 11.6 Å². The minimum absolute atomic E-state index is 0.0736. The molecule has 2 heterocycles. The maximum Gasteiger partial charge on any atom is 0.325 e. The fourth-order valence-corrected chi connectivity index (χ4v) is 3.63. The number of hydrogen-bond donors (Lipinski definition) is 0. The highest BCUT2D eigenvalue weighted by Gasteiger charge is 2.51. The average molecular weight is 416 g/mol. The Morgan fingerprint density at radius 3 is 2.24 bits per heavy atom. The Bertz CT molecular complexity index is 1010. The fourth-order valence-electron chi connectivity index (χ4n) is 3.27. The van der Waals surface area contributed by atoms with Crippen molar-refractivity contribution in [1.29, 1.82) is 0 Å². The number of halogens is 1. The number of methoxy groups -OCH3 is 3. The number of benzene rings is 2. The molecule has 1 aliphatic rings. The molecule has 1 fully saturated rings. The number of rotatable bonds is 6. The fraction of sp³-hybridized carbons (Fsp3) is 0.250. The van der Waals surface area contributed by atoms with Crippen LogP contribution in [0.15, 0.2) is 46.9 Å².